The van der Waals surface area contributed by atoms with Gasteiger partial charge in [0.25, 0.3) is 0 Å². The molecule has 1 heterocycles. The predicted octanol–water partition coefficient (Wildman–Crippen LogP) is 9.20. The number of aliphatic hydroxyl groups is 1. The zero-order valence-electron chi connectivity index (χ0n) is 25.2. The van der Waals surface area contributed by atoms with Crippen LogP contribution < -0.4 is 0 Å². The van der Waals surface area contributed by atoms with Gasteiger partial charge < -0.3 is 14.9 Å². The molecule has 0 radical (unpaired) electrons. The molecule has 4 aliphatic carbocycles. The molecule has 0 saturated heterocycles. The Morgan fingerprint density at radius 3 is 2.29 bits per heavy atom. The largest absolute Gasteiger partial charge is 0.393 e. The molecule has 0 aromatic carbocycles. The van der Waals surface area contributed by atoms with E-state index in [2.05, 4.69) is 72.5 Å². The third kappa shape index (κ3) is 5.71. The molecular formula is C34H59IN2O. The smallest absolute Gasteiger partial charge is 0.154 e. The van der Waals surface area contributed by atoms with Crippen molar-refractivity contribution in [2.75, 3.05) is 13.1 Å². The third-order valence-corrected chi connectivity index (χ3v) is 14.4. The average Bonchev–Trinajstić information content (AvgIpc) is 3.43. The predicted molar refractivity (Wildman–Crippen MR) is 169 cm³/mol. The van der Waals surface area contributed by atoms with Crippen LogP contribution in [0.4, 0.5) is 0 Å². The van der Waals surface area contributed by atoms with Crippen LogP contribution in [0.5, 0.6) is 0 Å². The van der Waals surface area contributed by atoms with E-state index in [1.54, 1.807) is 0 Å². The normalized spacial score (nSPS) is 43.2. The molecule has 4 saturated carbocycles. The monoisotopic (exact) mass is 638 g/mol. The van der Waals surface area contributed by atoms with Gasteiger partial charge in [-0.3, -0.25) is 0 Å². The molecular weight excluding hydrogens is 579 g/mol. The van der Waals surface area contributed by atoms with Gasteiger partial charge in [-0.15, -0.1) is 0 Å². The van der Waals surface area contributed by atoms with E-state index < -0.39 is 0 Å². The average molecular weight is 639 g/mol. The lowest BCUT2D eigenvalue weighted by atomic mass is 9.44. The lowest BCUT2D eigenvalue weighted by molar-refractivity contribution is -0.129. The number of unbranched alkanes of at least 4 members (excludes halogenated alkanes) is 4. The van der Waals surface area contributed by atoms with E-state index in [0.717, 1.165) is 48.3 Å². The van der Waals surface area contributed by atoms with Crippen molar-refractivity contribution >= 4 is 22.6 Å². The van der Waals surface area contributed by atoms with Crippen LogP contribution in [0.15, 0.2) is 12.4 Å². The first-order valence-corrected chi connectivity index (χ1v) is 18.0. The molecule has 5 aliphatic rings. The molecule has 0 amide bonds. The van der Waals surface area contributed by atoms with Gasteiger partial charge in [-0.25, -0.2) is 0 Å². The van der Waals surface area contributed by atoms with Gasteiger partial charge >= 0.3 is 0 Å². The van der Waals surface area contributed by atoms with Gasteiger partial charge in [-0.1, -0.05) is 53.4 Å². The van der Waals surface area contributed by atoms with Gasteiger partial charge in [0.05, 0.1) is 6.10 Å². The van der Waals surface area contributed by atoms with Crippen molar-refractivity contribution in [1.82, 2.24) is 9.80 Å². The maximum atomic E-state index is 10.4. The zero-order valence-corrected chi connectivity index (χ0v) is 27.4. The molecule has 5 rings (SSSR count). The first kappa shape index (κ1) is 29.5. The molecule has 1 N–H and O–H groups in total. The highest BCUT2D eigenvalue weighted by atomic mass is 127. The molecule has 1 aliphatic heterocycles. The van der Waals surface area contributed by atoms with Crippen LogP contribution in [-0.4, -0.2) is 38.3 Å². The van der Waals surface area contributed by atoms with E-state index in [0.29, 0.717) is 15.0 Å². The minimum Gasteiger partial charge on any atom is -0.393 e. The van der Waals surface area contributed by atoms with Crippen LogP contribution in [-0.2, 0) is 0 Å². The Balaban J connectivity index is 1.10. The van der Waals surface area contributed by atoms with E-state index in [9.17, 15) is 5.11 Å². The van der Waals surface area contributed by atoms with Crippen molar-refractivity contribution < 1.29 is 5.11 Å². The standard InChI is InChI=1S/C34H59IN2O/c1-5-6-7-8-9-20-36-22-23-37(32(36)35)21-10-11-25(2)29-14-15-30-28-13-12-26-24-27(38)16-18-33(26,3)31(28)17-19-34(29,30)4/h22-23,25-32,38H,5-21,24H2,1-4H3/t25-,26-,27-,28+,29-,30+,31+,32?,33+,34-/m1/s1. The van der Waals surface area contributed by atoms with Gasteiger partial charge in [-0.05, 0) is 146 Å². The Labute approximate surface area is 249 Å². The molecule has 4 fully saturated rings. The highest BCUT2D eigenvalue weighted by Gasteiger charge is 2.60. The van der Waals surface area contributed by atoms with Crippen LogP contribution in [0.1, 0.15) is 130 Å². The maximum Gasteiger partial charge on any atom is 0.154 e. The summed E-state index contributed by atoms with van der Waals surface area (Å²) in [7, 11) is 0. The number of hydrogen-bond acceptors (Lipinski definition) is 3. The Morgan fingerprint density at radius 2 is 1.53 bits per heavy atom. The number of aliphatic hydroxyl groups excluding tert-OH is 1. The van der Waals surface area contributed by atoms with E-state index in [1.165, 1.54) is 103 Å². The Kier molecular flexibility index (Phi) is 9.71. The Bertz CT molecular complexity index is 803. The summed E-state index contributed by atoms with van der Waals surface area (Å²) in [5, 5.41) is 10.4. The topological polar surface area (TPSA) is 26.7 Å². The van der Waals surface area contributed by atoms with Gasteiger partial charge in [-0.2, -0.15) is 0 Å². The summed E-state index contributed by atoms with van der Waals surface area (Å²) in [6, 6.07) is 0. The summed E-state index contributed by atoms with van der Waals surface area (Å²) >= 11 is 2.65. The number of hydrogen-bond donors (Lipinski definition) is 1. The SMILES string of the molecule is CCCCCCCN1C=CN(CCC[C@@H](C)[C@H]2CC[C@H]3[C@@H]4CC[C@@H]5C[C@H](O)CC[C@]5(C)[C@H]4CC[C@]23C)C1I. The molecule has 218 valence electrons. The molecule has 0 aromatic rings. The van der Waals surface area contributed by atoms with Gasteiger partial charge in [0.15, 0.2) is 4.17 Å². The van der Waals surface area contributed by atoms with Crippen molar-refractivity contribution in [3.63, 3.8) is 0 Å². The third-order valence-electron chi connectivity index (χ3n) is 13.0. The fourth-order valence-corrected chi connectivity index (χ4v) is 11.7. The minimum absolute atomic E-state index is 0.0210. The molecule has 0 spiro atoms. The van der Waals surface area contributed by atoms with Gasteiger partial charge in [0.1, 0.15) is 0 Å². The number of nitrogens with zero attached hydrogens (tertiary/aromatic N) is 2. The Morgan fingerprint density at radius 1 is 0.842 bits per heavy atom. The van der Waals surface area contributed by atoms with E-state index >= 15 is 0 Å². The van der Waals surface area contributed by atoms with Crippen LogP contribution >= 0.6 is 22.6 Å². The van der Waals surface area contributed by atoms with Crippen LogP contribution in [0.3, 0.4) is 0 Å². The summed E-state index contributed by atoms with van der Waals surface area (Å²) in [6.45, 7) is 12.7. The molecule has 0 bridgehead atoms. The van der Waals surface area contributed by atoms with Crippen LogP contribution in [0.2, 0.25) is 0 Å². The van der Waals surface area contributed by atoms with Crippen molar-refractivity contribution in [2.24, 2.45) is 46.3 Å². The van der Waals surface area contributed by atoms with E-state index in [1.807, 2.05) is 0 Å². The summed E-state index contributed by atoms with van der Waals surface area (Å²) < 4.78 is 0.509. The molecule has 0 aromatic heterocycles. The van der Waals surface area contributed by atoms with Crippen LogP contribution in [0.25, 0.3) is 0 Å². The van der Waals surface area contributed by atoms with Crippen LogP contribution in [0, 0.1) is 46.3 Å². The Hall–Kier alpha value is 0.0300. The molecule has 1 unspecified atom stereocenters. The first-order chi connectivity index (χ1) is 18.3. The summed E-state index contributed by atoms with van der Waals surface area (Å²) in [6.07, 6.45) is 26.4. The number of fused-ring (bicyclic) bond motifs is 5. The van der Waals surface area contributed by atoms with Gasteiger partial charge in [0.2, 0.25) is 0 Å². The number of alkyl halides is 1. The lowest BCUT2D eigenvalue weighted by Crippen LogP contribution is -2.54. The quantitative estimate of drug-likeness (QED) is 0.106. The summed E-state index contributed by atoms with van der Waals surface area (Å²) in [5.74, 6) is 5.42. The molecule has 38 heavy (non-hydrogen) atoms. The fraction of sp³-hybridized carbons (Fsp3) is 0.941. The van der Waals surface area contributed by atoms with E-state index in [4.69, 9.17) is 0 Å². The highest BCUT2D eigenvalue weighted by molar-refractivity contribution is 14.1. The molecule has 10 atom stereocenters. The van der Waals surface area contributed by atoms with Crippen molar-refractivity contribution in [1.29, 1.82) is 0 Å². The van der Waals surface area contributed by atoms with Crippen molar-refractivity contribution in [3.8, 4) is 0 Å². The number of rotatable bonds is 11. The molecule has 4 heteroatoms. The highest BCUT2D eigenvalue weighted by Crippen LogP contribution is 2.68. The second-order valence-electron chi connectivity index (χ2n) is 14.9. The maximum absolute atomic E-state index is 10.4. The first-order valence-electron chi connectivity index (χ1n) is 16.8. The summed E-state index contributed by atoms with van der Waals surface area (Å²) in [4.78, 5) is 5.14. The lowest BCUT2D eigenvalue weighted by Gasteiger charge is -2.61. The second-order valence-corrected chi connectivity index (χ2v) is 16.0. The van der Waals surface area contributed by atoms with Gasteiger partial charge in [0, 0.05) is 25.5 Å². The fourth-order valence-electron chi connectivity index (χ4n) is 10.8. The van der Waals surface area contributed by atoms with Crippen molar-refractivity contribution in [3.05, 3.63) is 12.4 Å². The zero-order chi connectivity index (χ0) is 26.9. The number of halogens is 1. The van der Waals surface area contributed by atoms with Crippen molar-refractivity contribution in [2.45, 2.75) is 141 Å². The van der Waals surface area contributed by atoms with E-state index in [-0.39, 0.29) is 6.10 Å². The molecule has 3 nitrogen and oxygen atoms in total. The summed E-state index contributed by atoms with van der Waals surface area (Å²) in [5.41, 5.74) is 1.08. The minimum atomic E-state index is -0.0210. The second kappa shape index (κ2) is 12.5.